The Morgan fingerprint density at radius 1 is 1.23 bits per heavy atom. The number of hydrogen-bond acceptors (Lipinski definition) is 4. The maximum atomic E-state index is 12.8. The number of aromatic nitrogens is 2. The number of thioether (sulfide) groups is 2. The quantitative estimate of drug-likeness (QED) is 0.729. The van der Waals surface area contributed by atoms with Gasteiger partial charge in [0.2, 0.25) is 0 Å². The summed E-state index contributed by atoms with van der Waals surface area (Å²) < 4.78 is 0.299. The number of ketones is 1. The summed E-state index contributed by atoms with van der Waals surface area (Å²) in [6.07, 6.45) is 5.52. The fourth-order valence-electron chi connectivity index (χ4n) is 2.68. The van der Waals surface area contributed by atoms with E-state index in [1.165, 1.54) is 5.56 Å². The van der Waals surface area contributed by atoms with Gasteiger partial charge in [0.1, 0.15) is 0 Å². The predicted molar refractivity (Wildman–Crippen MR) is 93.4 cm³/mol. The van der Waals surface area contributed by atoms with E-state index in [0.717, 1.165) is 22.2 Å². The topological polar surface area (TPSA) is 45.8 Å². The van der Waals surface area contributed by atoms with Crippen LogP contribution in [0.2, 0.25) is 0 Å². The lowest BCUT2D eigenvalue weighted by molar-refractivity contribution is 0.0997. The van der Waals surface area contributed by atoms with Gasteiger partial charge in [-0.1, -0.05) is 24.3 Å². The van der Waals surface area contributed by atoms with Crippen LogP contribution in [0.5, 0.6) is 0 Å². The van der Waals surface area contributed by atoms with Gasteiger partial charge in [-0.25, -0.2) is 0 Å². The van der Waals surface area contributed by atoms with Crippen LogP contribution in [0.4, 0.5) is 0 Å². The van der Waals surface area contributed by atoms with Crippen LogP contribution in [-0.2, 0) is 0 Å². The lowest BCUT2D eigenvalue weighted by Gasteiger charge is -2.09. The summed E-state index contributed by atoms with van der Waals surface area (Å²) in [5.41, 5.74) is 3.01. The molecule has 2 unspecified atom stereocenters. The van der Waals surface area contributed by atoms with Crippen molar-refractivity contribution < 1.29 is 4.79 Å². The summed E-state index contributed by atoms with van der Waals surface area (Å²) in [6.45, 7) is 0. The molecular formula is C17H14N2OS2. The molecule has 0 radical (unpaired) electrons. The van der Waals surface area contributed by atoms with Gasteiger partial charge in [0.25, 0.3) is 0 Å². The van der Waals surface area contributed by atoms with Crippen LogP contribution in [0.1, 0.15) is 20.5 Å². The fourth-order valence-corrected chi connectivity index (χ4v) is 5.86. The standard InChI is InChI=1S/C17H14N2OS2/c20-16(13-9-19-14-6-2-1-5-12(13)14)15-10-21-17(22-15)11-4-3-7-18-8-11/h1-9,15,17,19H,10H2. The number of carbonyl (C=O) groups excluding carboxylic acids is 1. The van der Waals surface area contributed by atoms with Gasteiger partial charge in [0.15, 0.2) is 5.78 Å². The van der Waals surface area contributed by atoms with Crippen LogP contribution in [0.25, 0.3) is 10.9 Å². The van der Waals surface area contributed by atoms with E-state index in [-0.39, 0.29) is 11.0 Å². The molecule has 1 saturated heterocycles. The van der Waals surface area contributed by atoms with Crippen LogP contribution in [-0.4, -0.2) is 26.8 Å². The Balaban J connectivity index is 1.57. The summed E-state index contributed by atoms with van der Waals surface area (Å²) in [5.74, 6) is 1.07. The Hall–Kier alpha value is -1.72. The molecule has 0 saturated carbocycles. The highest BCUT2D eigenvalue weighted by Crippen LogP contribution is 2.50. The van der Waals surface area contributed by atoms with E-state index in [4.69, 9.17) is 0 Å². The summed E-state index contributed by atoms with van der Waals surface area (Å²) in [6, 6.07) is 12.0. The average molecular weight is 326 g/mol. The van der Waals surface area contributed by atoms with E-state index in [1.54, 1.807) is 18.0 Å². The molecule has 1 aromatic carbocycles. The second kappa shape index (κ2) is 5.82. The Labute approximate surface area is 136 Å². The highest BCUT2D eigenvalue weighted by molar-refractivity contribution is 8.20. The van der Waals surface area contributed by atoms with Gasteiger partial charge in [0.05, 0.1) is 9.83 Å². The fraction of sp³-hybridized carbons (Fsp3) is 0.176. The molecule has 0 spiro atoms. The zero-order chi connectivity index (χ0) is 14.9. The first kappa shape index (κ1) is 13.9. The van der Waals surface area contributed by atoms with Gasteiger partial charge in [0, 0.05) is 40.8 Å². The SMILES string of the molecule is O=C(c1c[nH]c2ccccc12)C1CSC(c2cccnc2)S1. The minimum atomic E-state index is 0.00872. The van der Waals surface area contributed by atoms with Crippen LogP contribution >= 0.6 is 23.5 Å². The molecule has 1 aliphatic heterocycles. The highest BCUT2D eigenvalue weighted by Gasteiger charge is 2.33. The number of Topliss-reactive ketones (excluding diaryl/α,β-unsaturated/α-hetero) is 1. The number of aromatic amines is 1. The third-order valence-corrected chi connectivity index (χ3v) is 7.07. The predicted octanol–water partition coefficient (Wildman–Crippen LogP) is 4.29. The number of H-pyrrole nitrogens is 1. The number of benzene rings is 1. The molecule has 2 aromatic heterocycles. The highest BCUT2D eigenvalue weighted by atomic mass is 32.2. The van der Waals surface area contributed by atoms with E-state index < -0.39 is 0 Å². The second-order valence-corrected chi connectivity index (χ2v) is 7.94. The lowest BCUT2D eigenvalue weighted by atomic mass is 10.1. The molecule has 110 valence electrons. The Bertz CT molecular complexity index is 816. The van der Waals surface area contributed by atoms with E-state index in [1.807, 2.05) is 54.5 Å². The van der Waals surface area contributed by atoms with Crippen molar-refractivity contribution in [1.82, 2.24) is 9.97 Å². The number of nitrogens with zero attached hydrogens (tertiary/aromatic N) is 1. The molecule has 0 amide bonds. The maximum Gasteiger partial charge on any atom is 0.178 e. The average Bonchev–Trinajstić information content (AvgIpc) is 3.22. The summed E-state index contributed by atoms with van der Waals surface area (Å²) in [5, 5.41) is 1.03. The summed E-state index contributed by atoms with van der Waals surface area (Å²) in [4.78, 5) is 20.2. The first-order valence-electron chi connectivity index (χ1n) is 7.10. The molecule has 4 rings (SSSR count). The second-order valence-electron chi connectivity index (χ2n) is 5.19. The van der Waals surface area contributed by atoms with Crippen molar-refractivity contribution in [3.63, 3.8) is 0 Å². The molecule has 3 heterocycles. The van der Waals surface area contributed by atoms with Crippen LogP contribution in [0.3, 0.4) is 0 Å². The summed E-state index contributed by atoms with van der Waals surface area (Å²) in [7, 11) is 0. The molecule has 0 bridgehead atoms. The van der Waals surface area contributed by atoms with Crippen molar-refractivity contribution in [3.05, 3.63) is 66.1 Å². The van der Waals surface area contributed by atoms with Gasteiger partial charge >= 0.3 is 0 Å². The van der Waals surface area contributed by atoms with Crippen molar-refractivity contribution in [2.75, 3.05) is 5.75 Å². The Morgan fingerprint density at radius 2 is 2.14 bits per heavy atom. The molecule has 1 aliphatic rings. The molecule has 22 heavy (non-hydrogen) atoms. The van der Waals surface area contributed by atoms with Gasteiger partial charge < -0.3 is 4.98 Å². The number of nitrogens with one attached hydrogen (secondary N) is 1. The molecule has 0 aliphatic carbocycles. The number of rotatable bonds is 3. The maximum absolute atomic E-state index is 12.8. The van der Waals surface area contributed by atoms with Crippen molar-refractivity contribution >= 4 is 40.2 Å². The van der Waals surface area contributed by atoms with Crippen LogP contribution in [0, 0.1) is 0 Å². The first-order valence-corrected chi connectivity index (χ1v) is 9.09. The molecule has 1 N–H and O–H groups in total. The van der Waals surface area contributed by atoms with Crippen molar-refractivity contribution in [2.24, 2.45) is 0 Å². The largest absolute Gasteiger partial charge is 0.360 e. The Kier molecular flexibility index (Phi) is 3.68. The van der Waals surface area contributed by atoms with E-state index in [9.17, 15) is 4.79 Å². The Morgan fingerprint density at radius 3 is 3.00 bits per heavy atom. The van der Waals surface area contributed by atoms with E-state index >= 15 is 0 Å². The van der Waals surface area contributed by atoms with Crippen LogP contribution in [0.15, 0.2) is 55.0 Å². The van der Waals surface area contributed by atoms with Crippen molar-refractivity contribution in [2.45, 2.75) is 9.83 Å². The molecule has 2 atom stereocenters. The van der Waals surface area contributed by atoms with E-state index in [0.29, 0.717) is 4.58 Å². The van der Waals surface area contributed by atoms with Crippen molar-refractivity contribution in [3.8, 4) is 0 Å². The van der Waals surface area contributed by atoms with Gasteiger partial charge in [-0.3, -0.25) is 9.78 Å². The summed E-state index contributed by atoms with van der Waals surface area (Å²) >= 11 is 3.56. The number of carbonyl (C=O) groups is 1. The smallest absolute Gasteiger partial charge is 0.178 e. The third kappa shape index (κ3) is 2.44. The number of fused-ring (bicyclic) bond motifs is 1. The third-order valence-electron chi connectivity index (χ3n) is 3.79. The molecular weight excluding hydrogens is 312 g/mol. The van der Waals surface area contributed by atoms with Gasteiger partial charge in [-0.2, -0.15) is 0 Å². The molecule has 3 aromatic rings. The number of pyridine rings is 1. The normalized spacial score (nSPS) is 21.3. The van der Waals surface area contributed by atoms with Crippen LogP contribution < -0.4 is 0 Å². The molecule has 3 nitrogen and oxygen atoms in total. The van der Waals surface area contributed by atoms with Crippen molar-refractivity contribution in [1.29, 1.82) is 0 Å². The zero-order valence-electron chi connectivity index (χ0n) is 11.7. The minimum absolute atomic E-state index is 0.00872. The molecule has 1 fully saturated rings. The minimum Gasteiger partial charge on any atom is -0.360 e. The molecule has 5 heteroatoms. The van der Waals surface area contributed by atoms with E-state index in [2.05, 4.69) is 16.0 Å². The van der Waals surface area contributed by atoms with Gasteiger partial charge in [-0.15, -0.1) is 23.5 Å². The zero-order valence-corrected chi connectivity index (χ0v) is 13.4. The number of hydrogen-bond donors (Lipinski definition) is 1. The number of para-hydroxylation sites is 1. The first-order chi connectivity index (χ1) is 10.8. The monoisotopic (exact) mass is 326 g/mol. The lowest BCUT2D eigenvalue weighted by Crippen LogP contribution is -2.16. The van der Waals surface area contributed by atoms with Gasteiger partial charge in [-0.05, 0) is 17.7 Å².